The highest BCUT2D eigenvalue weighted by atomic mass is 16.4. The van der Waals surface area contributed by atoms with Gasteiger partial charge < -0.3 is 102 Å². The Morgan fingerprint density at radius 2 is 1.01 bits per heavy atom. The predicted molar refractivity (Wildman–Crippen MR) is 330 cm³/mol. The number of likely N-dealkylation sites (tertiary alicyclic amines) is 1. The zero-order valence-corrected chi connectivity index (χ0v) is 53.0. The number of carbonyl (C=O) groups excluding carboxylic acids is 10. The van der Waals surface area contributed by atoms with Gasteiger partial charge in [0.2, 0.25) is 59.1 Å². The van der Waals surface area contributed by atoms with Crippen LogP contribution in [0.4, 0.5) is 0 Å². The fourth-order valence-electron chi connectivity index (χ4n) is 9.97. The summed E-state index contributed by atoms with van der Waals surface area (Å²) in [6, 6.07) is -14.4. The Morgan fingerprint density at radius 3 is 1.48 bits per heavy atom. The van der Waals surface area contributed by atoms with E-state index in [0.717, 1.165) is 0 Å². The smallest absolute Gasteiger partial charge is 0.326 e. The Labute approximate surface area is 526 Å². The largest absolute Gasteiger partial charge is 0.481 e. The quantitative estimate of drug-likeness (QED) is 0.0279. The summed E-state index contributed by atoms with van der Waals surface area (Å²) in [6.07, 6.45) is 4.22. The third kappa shape index (κ3) is 28.2. The van der Waals surface area contributed by atoms with E-state index in [4.69, 9.17) is 33.8 Å². The van der Waals surface area contributed by atoms with Gasteiger partial charge in [0.1, 0.15) is 60.4 Å². The molecule has 0 radical (unpaired) electrons. The number of H-pyrrole nitrogens is 1. The van der Waals surface area contributed by atoms with E-state index < -0.39 is 162 Å². The normalized spacial score (nSPS) is 16.7. The maximum atomic E-state index is 14.8. The number of imidazole rings is 1. The van der Waals surface area contributed by atoms with Gasteiger partial charge in [-0.15, -0.1) is 0 Å². The number of unbranched alkanes of at least 4 members (excludes halogenated alkanes) is 4. The second-order valence-electron chi connectivity index (χ2n) is 23.7. The molecule has 0 saturated carbocycles. The number of hydrogen-bond donors (Lipinski definition) is 18. The SMILES string of the molecule is CC(C)C[C@H](N)C(=O)N[C@H](C(=O)N[C@@H](CCCCN)C(=O)N[C@@H](Cc1cnc[nH]1)C(=O)N[C@@H](CCCCN)C(=O)N1CCC[C@H]1C(=O)N[C@@H](CCCCN)C(=O)N[C@@H](C)C(=O)N[C@H](C(=O)N[C@@H](CCCCN)C(=O)N[C@@H](CCC(=O)O)C(=O)O)[C@@H](C)O)C(C)C. The average Bonchev–Trinajstić information content (AvgIpc) is 1.79. The first-order valence-electron chi connectivity index (χ1n) is 31.3. The number of nitrogens with one attached hydrogen (secondary N) is 10. The molecular formula is C58H103N17O15. The molecule has 510 valence electrons. The van der Waals surface area contributed by atoms with E-state index in [2.05, 4.69) is 57.8 Å². The summed E-state index contributed by atoms with van der Waals surface area (Å²) in [5, 5.41) is 52.7. The maximum absolute atomic E-state index is 14.8. The minimum atomic E-state index is -1.73. The fraction of sp³-hybridized carbons (Fsp3) is 0.741. The number of aliphatic hydroxyl groups excluding tert-OH is 1. The van der Waals surface area contributed by atoms with Gasteiger partial charge in [-0.05, 0) is 155 Å². The van der Waals surface area contributed by atoms with Gasteiger partial charge in [-0.25, -0.2) is 9.78 Å². The van der Waals surface area contributed by atoms with Crippen LogP contribution in [0.5, 0.6) is 0 Å². The number of nitrogens with two attached hydrogens (primary N) is 5. The summed E-state index contributed by atoms with van der Waals surface area (Å²) in [5.41, 5.74) is 29.6. The topological polar surface area (TPSA) is 536 Å². The molecule has 0 spiro atoms. The van der Waals surface area contributed by atoms with E-state index in [1.807, 2.05) is 13.8 Å². The minimum Gasteiger partial charge on any atom is -0.481 e. The molecule has 0 aliphatic carbocycles. The lowest BCUT2D eigenvalue weighted by atomic mass is 9.99. The van der Waals surface area contributed by atoms with Crippen LogP contribution in [0.1, 0.15) is 156 Å². The lowest BCUT2D eigenvalue weighted by molar-refractivity contribution is -0.143. The van der Waals surface area contributed by atoms with Crippen molar-refractivity contribution in [3.8, 4) is 0 Å². The highest BCUT2D eigenvalue weighted by molar-refractivity contribution is 5.99. The molecule has 0 bridgehead atoms. The fourth-order valence-corrected chi connectivity index (χ4v) is 9.97. The van der Waals surface area contributed by atoms with Gasteiger partial charge in [0, 0.05) is 31.3 Å². The van der Waals surface area contributed by atoms with Gasteiger partial charge in [-0.3, -0.25) is 52.7 Å². The third-order valence-corrected chi connectivity index (χ3v) is 15.1. The first kappa shape index (κ1) is 78.7. The molecule has 1 aliphatic rings. The van der Waals surface area contributed by atoms with Crippen molar-refractivity contribution in [1.82, 2.24) is 62.7 Å². The van der Waals surface area contributed by atoms with E-state index in [-0.39, 0.29) is 77.0 Å². The molecule has 2 rings (SSSR count). The molecule has 32 nitrogen and oxygen atoms in total. The Balaban J connectivity index is 2.39. The van der Waals surface area contributed by atoms with Crippen LogP contribution in [0.3, 0.4) is 0 Å². The number of aliphatic carboxylic acids is 2. The molecule has 32 heteroatoms. The molecule has 1 saturated heterocycles. The number of aliphatic hydroxyl groups is 1. The molecule has 0 unspecified atom stereocenters. The zero-order valence-electron chi connectivity index (χ0n) is 53.0. The van der Waals surface area contributed by atoms with Crippen molar-refractivity contribution in [2.24, 2.45) is 40.5 Å². The summed E-state index contributed by atoms with van der Waals surface area (Å²) >= 11 is 0. The second kappa shape index (κ2) is 41.8. The van der Waals surface area contributed by atoms with Gasteiger partial charge in [0.05, 0.1) is 18.5 Å². The molecule has 10 amide bonds. The Kier molecular flexibility index (Phi) is 36.6. The Morgan fingerprint density at radius 1 is 0.556 bits per heavy atom. The minimum absolute atomic E-state index is 0.0237. The first-order valence-corrected chi connectivity index (χ1v) is 31.3. The first-order chi connectivity index (χ1) is 42.6. The monoisotopic (exact) mass is 1280 g/mol. The standard InChI is InChI=1S/C58H103N17O15/c1-32(2)28-37(63)49(80)73-46(33(3)4)55(86)68-40(18-9-13-25-61)52(83)72-43(29-36-30-64-31-65-36)53(84)70-41(19-10-14-26-62)57(88)75-27-15-20-44(75)54(85)67-38(16-7-11-23-59)50(81)66-34(5)48(79)74-47(35(6)76)56(87)69-39(17-8-12-24-60)51(82)71-42(58(89)90)21-22-45(77)78/h30-35,37-44,46-47,76H,7-29,59-63H2,1-6H3,(H,64,65)(H,66,81)(H,67,85)(H,68,86)(H,69,87)(H,70,84)(H,71,82)(H,72,83)(H,73,80)(H,74,79)(H,77,78)(H,89,90)/t34-,35+,37-,38-,39-,40-,41-,42-,43-,44-,46-,47-/m0/s1. The van der Waals surface area contributed by atoms with Crippen LogP contribution in [0.25, 0.3) is 0 Å². The molecule has 1 aliphatic heterocycles. The van der Waals surface area contributed by atoms with E-state index >= 15 is 0 Å². The lowest BCUT2D eigenvalue weighted by Gasteiger charge is -2.31. The number of carboxylic acids is 2. The highest BCUT2D eigenvalue weighted by Gasteiger charge is 2.41. The van der Waals surface area contributed by atoms with Gasteiger partial charge in [0.25, 0.3) is 0 Å². The third-order valence-electron chi connectivity index (χ3n) is 15.1. The zero-order chi connectivity index (χ0) is 67.6. The van der Waals surface area contributed by atoms with Gasteiger partial charge >= 0.3 is 11.9 Å². The summed E-state index contributed by atoms with van der Waals surface area (Å²) in [7, 11) is 0. The van der Waals surface area contributed by atoms with Crippen LogP contribution in [-0.4, -0.2) is 206 Å². The van der Waals surface area contributed by atoms with E-state index in [1.54, 1.807) is 13.8 Å². The van der Waals surface area contributed by atoms with Crippen LogP contribution >= 0.6 is 0 Å². The molecule has 1 fully saturated rings. The summed E-state index contributed by atoms with van der Waals surface area (Å²) in [4.78, 5) is 171. The molecule has 23 N–H and O–H groups in total. The van der Waals surface area contributed by atoms with Crippen molar-refractivity contribution in [3.05, 3.63) is 18.2 Å². The van der Waals surface area contributed by atoms with Crippen LogP contribution in [-0.2, 0) is 64.0 Å². The summed E-state index contributed by atoms with van der Waals surface area (Å²) in [6.45, 7) is 10.8. The highest BCUT2D eigenvalue weighted by Crippen LogP contribution is 2.21. The molecular weight excluding hydrogens is 1170 g/mol. The lowest BCUT2D eigenvalue weighted by Crippen LogP contribution is -2.61. The molecule has 1 aromatic rings. The Bertz CT molecular complexity index is 2470. The van der Waals surface area contributed by atoms with Crippen molar-refractivity contribution < 1.29 is 72.9 Å². The molecule has 0 aromatic carbocycles. The van der Waals surface area contributed by atoms with Crippen LogP contribution in [0.15, 0.2) is 12.5 Å². The van der Waals surface area contributed by atoms with Crippen LogP contribution in [0, 0.1) is 11.8 Å². The molecule has 2 heterocycles. The maximum Gasteiger partial charge on any atom is 0.326 e. The number of nitrogens with zero attached hydrogens (tertiary/aromatic N) is 2. The van der Waals surface area contributed by atoms with Crippen molar-refractivity contribution in [3.63, 3.8) is 0 Å². The number of hydrogen-bond acceptors (Lipinski definition) is 19. The Hall–Kier alpha value is -7.39. The number of rotatable bonds is 45. The van der Waals surface area contributed by atoms with Crippen LogP contribution < -0.4 is 76.5 Å². The van der Waals surface area contributed by atoms with Crippen molar-refractivity contribution in [1.29, 1.82) is 0 Å². The average molecular weight is 1280 g/mol. The predicted octanol–water partition coefficient (Wildman–Crippen LogP) is -3.80. The molecule has 90 heavy (non-hydrogen) atoms. The number of carboxylic acid groups (broad SMARTS) is 2. The number of amides is 10. The number of aromatic nitrogens is 2. The molecule has 12 atom stereocenters. The van der Waals surface area contributed by atoms with Crippen molar-refractivity contribution in [2.75, 3.05) is 32.7 Å². The van der Waals surface area contributed by atoms with Crippen molar-refractivity contribution >= 4 is 71.0 Å². The van der Waals surface area contributed by atoms with Crippen LogP contribution in [0.2, 0.25) is 0 Å². The number of carbonyl (C=O) groups is 12. The number of aromatic amines is 1. The van der Waals surface area contributed by atoms with E-state index in [1.165, 1.54) is 31.3 Å². The van der Waals surface area contributed by atoms with Gasteiger partial charge in [-0.1, -0.05) is 27.7 Å². The van der Waals surface area contributed by atoms with Gasteiger partial charge in [0.15, 0.2) is 0 Å². The van der Waals surface area contributed by atoms with E-state index in [9.17, 15) is 67.7 Å². The summed E-state index contributed by atoms with van der Waals surface area (Å²) < 4.78 is 0. The van der Waals surface area contributed by atoms with E-state index in [0.29, 0.717) is 70.0 Å². The molecule has 1 aromatic heterocycles. The second-order valence-corrected chi connectivity index (χ2v) is 23.7. The summed E-state index contributed by atoms with van der Waals surface area (Å²) in [5.74, 6) is -11.1. The van der Waals surface area contributed by atoms with Gasteiger partial charge in [-0.2, -0.15) is 0 Å². The van der Waals surface area contributed by atoms with Crippen molar-refractivity contribution in [2.45, 2.75) is 230 Å².